The van der Waals surface area contributed by atoms with Crippen molar-refractivity contribution >= 4 is 17.3 Å². The Hall–Kier alpha value is -0.940. The highest BCUT2D eigenvalue weighted by Gasteiger charge is 2.26. The monoisotopic (exact) mass is 268 g/mol. The van der Waals surface area contributed by atoms with Gasteiger partial charge in [0, 0.05) is 5.92 Å². The first-order chi connectivity index (χ1) is 8.63. The van der Waals surface area contributed by atoms with Crippen molar-refractivity contribution in [3.63, 3.8) is 0 Å². The van der Waals surface area contributed by atoms with Crippen LogP contribution in [0.25, 0.3) is 0 Å². The Balaban J connectivity index is 2.22. The smallest absolute Gasteiger partial charge is 0.326 e. The molecule has 0 bridgehead atoms. The minimum Gasteiger partial charge on any atom is -0.480 e. The second-order valence-corrected chi connectivity index (χ2v) is 5.96. The number of likely N-dealkylation sites (N-methyl/N-ethyl adjacent to an activating group) is 1. The fourth-order valence-corrected chi connectivity index (χ4v) is 3.93. The van der Waals surface area contributed by atoms with Gasteiger partial charge in [0.25, 0.3) is 0 Å². The molecule has 1 atom stereocenters. The third kappa shape index (κ3) is 2.72. The van der Waals surface area contributed by atoms with Gasteiger partial charge in [0.2, 0.25) is 0 Å². The van der Waals surface area contributed by atoms with E-state index in [1.165, 1.54) is 32.1 Å². The van der Waals surface area contributed by atoms with Crippen LogP contribution in [0, 0.1) is 6.92 Å². The molecular weight excluding hydrogens is 248 g/mol. The number of aliphatic carboxylic acids is 1. The first-order valence-corrected chi connectivity index (χ1v) is 7.32. The maximum atomic E-state index is 11.2. The van der Waals surface area contributed by atoms with Crippen LogP contribution >= 0.6 is 11.3 Å². The minimum absolute atomic E-state index is 0.544. The van der Waals surface area contributed by atoms with E-state index in [0.29, 0.717) is 5.92 Å². The number of thiazole rings is 1. The van der Waals surface area contributed by atoms with Crippen molar-refractivity contribution in [2.75, 3.05) is 7.05 Å². The number of hydrogen-bond donors (Lipinski definition) is 2. The molecule has 18 heavy (non-hydrogen) atoms. The molecule has 1 saturated carbocycles. The summed E-state index contributed by atoms with van der Waals surface area (Å²) in [7, 11) is 1.68. The number of carboxylic acids is 1. The Kier molecular flexibility index (Phi) is 4.35. The van der Waals surface area contributed by atoms with Gasteiger partial charge < -0.3 is 10.4 Å². The van der Waals surface area contributed by atoms with E-state index in [4.69, 9.17) is 0 Å². The number of carbonyl (C=O) groups is 1. The van der Waals surface area contributed by atoms with Crippen molar-refractivity contribution in [2.45, 2.75) is 51.0 Å². The third-order valence-corrected chi connectivity index (χ3v) is 4.99. The molecule has 0 aliphatic heterocycles. The van der Waals surface area contributed by atoms with Crippen LogP contribution in [0.5, 0.6) is 0 Å². The molecule has 0 amide bonds. The van der Waals surface area contributed by atoms with Gasteiger partial charge in [0.15, 0.2) is 0 Å². The quantitative estimate of drug-likeness (QED) is 0.881. The standard InChI is InChI=1S/C13H20N2O2S/c1-8-11(10(14-2)13(16)17)18-12(15-8)9-6-4-3-5-7-9/h9-10,14H,3-7H2,1-2H3,(H,16,17). The first kappa shape index (κ1) is 13.5. The fraction of sp³-hybridized carbons (Fsp3) is 0.692. The first-order valence-electron chi connectivity index (χ1n) is 6.50. The van der Waals surface area contributed by atoms with Crippen LogP contribution in [0.15, 0.2) is 0 Å². The predicted octanol–water partition coefficient (Wildman–Crippen LogP) is 2.84. The van der Waals surface area contributed by atoms with E-state index in [1.807, 2.05) is 6.92 Å². The Bertz CT molecular complexity index is 425. The van der Waals surface area contributed by atoms with Gasteiger partial charge in [-0.1, -0.05) is 19.3 Å². The van der Waals surface area contributed by atoms with Gasteiger partial charge in [0.1, 0.15) is 6.04 Å². The third-order valence-electron chi connectivity index (χ3n) is 3.60. The van der Waals surface area contributed by atoms with Crippen LogP contribution < -0.4 is 5.32 Å². The summed E-state index contributed by atoms with van der Waals surface area (Å²) in [6, 6.07) is -0.625. The van der Waals surface area contributed by atoms with Gasteiger partial charge in [-0.25, -0.2) is 4.98 Å². The maximum Gasteiger partial charge on any atom is 0.326 e. The molecule has 100 valence electrons. The molecule has 1 fully saturated rings. The summed E-state index contributed by atoms with van der Waals surface area (Å²) in [6.07, 6.45) is 6.26. The van der Waals surface area contributed by atoms with Gasteiger partial charge in [-0.05, 0) is 26.8 Å². The molecule has 0 radical (unpaired) electrons. The maximum absolute atomic E-state index is 11.2. The molecule has 0 aromatic carbocycles. The molecule has 1 aromatic rings. The van der Waals surface area contributed by atoms with Gasteiger partial charge in [-0.15, -0.1) is 11.3 Å². The zero-order valence-electron chi connectivity index (χ0n) is 10.9. The number of aromatic nitrogens is 1. The molecular formula is C13H20N2O2S. The van der Waals surface area contributed by atoms with Gasteiger partial charge in [-0.3, -0.25) is 4.79 Å². The molecule has 1 aliphatic carbocycles. The fourth-order valence-electron chi connectivity index (χ4n) is 2.59. The predicted molar refractivity (Wildman–Crippen MR) is 72.1 cm³/mol. The molecule has 0 spiro atoms. The Labute approximate surface area is 111 Å². The van der Waals surface area contributed by atoms with E-state index in [1.54, 1.807) is 18.4 Å². The summed E-state index contributed by atoms with van der Waals surface area (Å²) in [6.45, 7) is 1.91. The normalized spacial score (nSPS) is 18.8. The molecule has 1 unspecified atom stereocenters. The second-order valence-electron chi connectivity index (χ2n) is 4.90. The second kappa shape index (κ2) is 5.80. The molecule has 2 rings (SSSR count). The van der Waals surface area contributed by atoms with Crippen LogP contribution in [-0.4, -0.2) is 23.1 Å². The highest BCUT2D eigenvalue weighted by Crippen LogP contribution is 2.37. The van der Waals surface area contributed by atoms with Crippen LogP contribution in [-0.2, 0) is 4.79 Å². The van der Waals surface area contributed by atoms with E-state index in [0.717, 1.165) is 15.6 Å². The van der Waals surface area contributed by atoms with E-state index >= 15 is 0 Å². The summed E-state index contributed by atoms with van der Waals surface area (Å²) >= 11 is 1.57. The molecule has 0 saturated heterocycles. The lowest BCUT2D eigenvalue weighted by Gasteiger charge is -2.19. The van der Waals surface area contributed by atoms with Gasteiger partial charge in [-0.2, -0.15) is 0 Å². The van der Waals surface area contributed by atoms with Crippen LogP contribution in [0.1, 0.15) is 59.6 Å². The summed E-state index contributed by atoms with van der Waals surface area (Å²) in [4.78, 5) is 16.6. The summed E-state index contributed by atoms with van der Waals surface area (Å²) in [5, 5.41) is 13.2. The van der Waals surface area contributed by atoms with Crippen molar-refractivity contribution in [1.29, 1.82) is 0 Å². The van der Waals surface area contributed by atoms with Crippen molar-refractivity contribution in [3.8, 4) is 0 Å². The largest absolute Gasteiger partial charge is 0.480 e. The average Bonchev–Trinajstić information content (AvgIpc) is 2.73. The molecule has 1 heterocycles. The number of hydrogen-bond acceptors (Lipinski definition) is 4. The van der Waals surface area contributed by atoms with Crippen molar-refractivity contribution < 1.29 is 9.90 Å². The van der Waals surface area contributed by atoms with E-state index in [9.17, 15) is 9.90 Å². The molecule has 5 heteroatoms. The number of rotatable bonds is 4. The Morgan fingerprint density at radius 2 is 2.11 bits per heavy atom. The number of nitrogens with zero attached hydrogens (tertiary/aromatic N) is 1. The zero-order valence-corrected chi connectivity index (χ0v) is 11.7. The van der Waals surface area contributed by atoms with E-state index < -0.39 is 12.0 Å². The number of carboxylic acid groups (broad SMARTS) is 1. The summed E-state index contributed by atoms with van der Waals surface area (Å²) in [5.74, 6) is -0.290. The van der Waals surface area contributed by atoms with Crippen LogP contribution in [0.3, 0.4) is 0 Å². The number of nitrogens with one attached hydrogen (secondary N) is 1. The SMILES string of the molecule is CNC(C(=O)O)c1sc(C2CCCCC2)nc1C. The molecule has 4 nitrogen and oxygen atoms in total. The Morgan fingerprint density at radius 3 is 2.67 bits per heavy atom. The highest BCUT2D eigenvalue weighted by atomic mass is 32.1. The van der Waals surface area contributed by atoms with Gasteiger partial charge >= 0.3 is 5.97 Å². The number of aryl methyl sites for hydroxylation is 1. The summed E-state index contributed by atoms with van der Waals surface area (Å²) < 4.78 is 0. The average molecular weight is 268 g/mol. The van der Waals surface area contributed by atoms with E-state index in [2.05, 4.69) is 10.3 Å². The summed E-state index contributed by atoms with van der Waals surface area (Å²) in [5.41, 5.74) is 0.863. The molecule has 2 N–H and O–H groups in total. The lowest BCUT2D eigenvalue weighted by atomic mass is 9.90. The lowest BCUT2D eigenvalue weighted by molar-refractivity contribution is -0.139. The minimum atomic E-state index is -0.834. The highest BCUT2D eigenvalue weighted by molar-refractivity contribution is 7.12. The van der Waals surface area contributed by atoms with Crippen molar-refractivity contribution in [1.82, 2.24) is 10.3 Å². The van der Waals surface area contributed by atoms with E-state index in [-0.39, 0.29) is 0 Å². The topological polar surface area (TPSA) is 62.2 Å². The van der Waals surface area contributed by atoms with Crippen molar-refractivity contribution in [3.05, 3.63) is 15.6 Å². The van der Waals surface area contributed by atoms with Crippen LogP contribution in [0.2, 0.25) is 0 Å². The molecule has 1 aromatic heterocycles. The molecule has 1 aliphatic rings. The zero-order chi connectivity index (χ0) is 13.1. The van der Waals surface area contributed by atoms with Gasteiger partial charge in [0.05, 0.1) is 15.6 Å². The lowest BCUT2D eigenvalue weighted by Crippen LogP contribution is -2.24. The van der Waals surface area contributed by atoms with Crippen LogP contribution in [0.4, 0.5) is 0 Å². The van der Waals surface area contributed by atoms with Crippen molar-refractivity contribution in [2.24, 2.45) is 0 Å². The Morgan fingerprint density at radius 1 is 1.44 bits per heavy atom.